The Kier molecular flexibility index (Phi) is 10.00. The maximum atomic E-state index is 9.70. The predicted molar refractivity (Wildman–Crippen MR) is 54.0 cm³/mol. The molecule has 0 saturated carbocycles. The molecular formula is C9H14ClNO2. The second-order valence-corrected chi connectivity index (χ2v) is 2.52. The Morgan fingerprint density at radius 3 is 1.69 bits per heavy atom. The SMILES string of the molecule is CC(C)C(=O)O.Cl.c1ccncc1. The van der Waals surface area contributed by atoms with Crippen LogP contribution in [-0.2, 0) is 4.79 Å². The molecule has 0 atom stereocenters. The van der Waals surface area contributed by atoms with Crippen molar-refractivity contribution in [2.24, 2.45) is 5.92 Å². The molecule has 0 amide bonds. The lowest BCUT2D eigenvalue weighted by Crippen LogP contribution is -2.03. The number of carboxylic acid groups (broad SMARTS) is 1. The fourth-order valence-electron chi connectivity index (χ4n) is 0.313. The zero-order chi connectivity index (χ0) is 9.40. The summed E-state index contributed by atoms with van der Waals surface area (Å²) in [5.41, 5.74) is 0. The number of rotatable bonds is 1. The van der Waals surface area contributed by atoms with Gasteiger partial charge >= 0.3 is 5.97 Å². The summed E-state index contributed by atoms with van der Waals surface area (Å²) in [5, 5.41) is 7.99. The third kappa shape index (κ3) is 10.9. The molecule has 1 heterocycles. The number of nitrogens with zero attached hydrogens (tertiary/aromatic N) is 1. The minimum Gasteiger partial charge on any atom is -0.481 e. The molecule has 0 aliphatic heterocycles. The Morgan fingerprint density at radius 2 is 1.62 bits per heavy atom. The first-order valence-electron chi connectivity index (χ1n) is 3.72. The van der Waals surface area contributed by atoms with Crippen molar-refractivity contribution in [2.75, 3.05) is 0 Å². The molecule has 0 unspecified atom stereocenters. The molecule has 4 heteroatoms. The van der Waals surface area contributed by atoms with Gasteiger partial charge in [-0.15, -0.1) is 12.4 Å². The molecule has 0 radical (unpaired) electrons. The molecule has 74 valence electrons. The molecule has 0 saturated heterocycles. The van der Waals surface area contributed by atoms with Crippen molar-refractivity contribution >= 4 is 18.4 Å². The van der Waals surface area contributed by atoms with Gasteiger partial charge in [0.05, 0.1) is 5.92 Å². The molecule has 0 aromatic carbocycles. The highest BCUT2D eigenvalue weighted by atomic mass is 35.5. The Balaban J connectivity index is 0. The standard InChI is InChI=1S/C5H5N.C4H8O2.ClH/c1-2-4-6-5-3-1;1-3(2)4(5)6;/h1-5H;3H,1-2H3,(H,5,6);1H. The van der Waals surface area contributed by atoms with Crippen LogP contribution in [0.2, 0.25) is 0 Å². The first-order valence-corrected chi connectivity index (χ1v) is 3.72. The smallest absolute Gasteiger partial charge is 0.305 e. The van der Waals surface area contributed by atoms with E-state index in [4.69, 9.17) is 5.11 Å². The first-order chi connectivity index (χ1) is 5.64. The maximum absolute atomic E-state index is 9.70. The molecule has 0 fully saturated rings. The van der Waals surface area contributed by atoms with E-state index in [9.17, 15) is 4.79 Å². The Hall–Kier alpha value is -1.09. The highest BCUT2D eigenvalue weighted by molar-refractivity contribution is 5.85. The van der Waals surface area contributed by atoms with E-state index < -0.39 is 5.97 Å². The quantitative estimate of drug-likeness (QED) is 0.762. The van der Waals surface area contributed by atoms with E-state index in [1.54, 1.807) is 26.2 Å². The molecule has 1 N–H and O–H groups in total. The van der Waals surface area contributed by atoms with Crippen molar-refractivity contribution in [1.29, 1.82) is 0 Å². The summed E-state index contributed by atoms with van der Waals surface area (Å²) in [6.07, 6.45) is 3.50. The van der Waals surface area contributed by atoms with Gasteiger partial charge in [-0.05, 0) is 12.1 Å². The van der Waals surface area contributed by atoms with Gasteiger partial charge in [-0.3, -0.25) is 9.78 Å². The van der Waals surface area contributed by atoms with Gasteiger partial charge in [-0.25, -0.2) is 0 Å². The molecule has 13 heavy (non-hydrogen) atoms. The van der Waals surface area contributed by atoms with Crippen LogP contribution in [0.1, 0.15) is 13.8 Å². The second kappa shape index (κ2) is 9.00. The first kappa shape index (κ1) is 14.4. The van der Waals surface area contributed by atoms with Gasteiger partial charge in [0.25, 0.3) is 0 Å². The Bertz CT molecular complexity index is 187. The minimum atomic E-state index is -0.741. The predicted octanol–water partition coefficient (Wildman–Crippen LogP) is 2.23. The monoisotopic (exact) mass is 203 g/mol. The summed E-state index contributed by atoms with van der Waals surface area (Å²) in [6, 6.07) is 5.72. The molecule has 0 spiro atoms. The normalized spacial score (nSPS) is 7.92. The van der Waals surface area contributed by atoms with Gasteiger partial charge < -0.3 is 5.11 Å². The molecule has 0 aliphatic carbocycles. The molecule has 0 aliphatic rings. The summed E-state index contributed by atoms with van der Waals surface area (Å²) in [5.74, 6) is -0.972. The number of carbonyl (C=O) groups is 1. The molecule has 1 aromatic heterocycles. The lowest BCUT2D eigenvalue weighted by Gasteiger charge is -1.89. The maximum Gasteiger partial charge on any atom is 0.305 e. The van der Waals surface area contributed by atoms with Gasteiger partial charge in [0.2, 0.25) is 0 Å². The summed E-state index contributed by atoms with van der Waals surface area (Å²) in [6.45, 7) is 3.28. The number of hydrogen-bond acceptors (Lipinski definition) is 2. The lowest BCUT2D eigenvalue weighted by atomic mass is 10.2. The van der Waals surface area contributed by atoms with Crippen molar-refractivity contribution in [2.45, 2.75) is 13.8 Å². The van der Waals surface area contributed by atoms with Crippen LogP contribution in [0.5, 0.6) is 0 Å². The van der Waals surface area contributed by atoms with Crippen molar-refractivity contribution in [3.8, 4) is 0 Å². The summed E-state index contributed by atoms with van der Waals surface area (Å²) in [4.78, 5) is 13.5. The summed E-state index contributed by atoms with van der Waals surface area (Å²) in [7, 11) is 0. The van der Waals surface area contributed by atoms with Crippen molar-refractivity contribution in [3.63, 3.8) is 0 Å². The van der Waals surface area contributed by atoms with E-state index in [1.165, 1.54) is 0 Å². The van der Waals surface area contributed by atoms with Crippen LogP contribution < -0.4 is 0 Å². The number of aliphatic carboxylic acids is 1. The molecule has 0 bridgehead atoms. The fourth-order valence-corrected chi connectivity index (χ4v) is 0.313. The average Bonchev–Trinajstić information content (AvgIpc) is 2.08. The third-order valence-electron chi connectivity index (χ3n) is 1.06. The van der Waals surface area contributed by atoms with Crippen molar-refractivity contribution in [1.82, 2.24) is 4.98 Å². The average molecular weight is 204 g/mol. The van der Waals surface area contributed by atoms with E-state index in [2.05, 4.69) is 4.98 Å². The zero-order valence-corrected chi connectivity index (χ0v) is 8.49. The van der Waals surface area contributed by atoms with Crippen LogP contribution in [-0.4, -0.2) is 16.1 Å². The number of pyridine rings is 1. The van der Waals surface area contributed by atoms with Crippen LogP contribution in [0.15, 0.2) is 30.6 Å². The van der Waals surface area contributed by atoms with Gasteiger partial charge in [0.15, 0.2) is 0 Å². The highest BCUT2D eigenvalue weighted by Crippen LogP contribution is 1.87. The van der Waals surface area contributed by atoms with Gasteiger partial charge in [0.1, 0.15) is 0 Å². The largest absolute Gasteiger partial charge is 0.481 e. The third-order valence-corrected chi connectivity index (χ3v) is 1.06. The minimum absolute atomic E-state index is 0. The number of halogens is 1. The van der Waals surface area contributed by atoms with Crippen LogP contribution >= 0.6 is 12.4 Å². The van der Waals surface area contributed by atoms with E-state index in [1.807, 2.05) is 18.2 Å². The van der Waals surface area contributed by atoms with E-state index in [0.29, 0.717) is 0 Å². The van der Waals surface area contributed by atoms with Gasteiger partial charge in [-0.1, -0.05) is 19.9 Å². The number of hydrogen-bond donors (Lipinski definition) is 1. The van der Waals surface area contributed by atoms with E-state index >= 15 is 0 Å². The Labute approximate surface area is 84.2 Å². The Morgan fingerprint density at radius 1 is 1.23 bits per heavy atom. The second-order valence-electron chi connectivity index (χ2n) is 2.52. The number of carboxylic acids is 1. The van der Waals surface area contributed by atoms with Crippen LogP contribution in [0.25, 0.3) is 0 Å². The summed E-state index contributed by atoms with van der Waals surface area (Å²) < 4.78 is 0. The van der Waals surface area contributed by atoms with E-state index in [-0.39, 0.29) is 18.3 Å². The molecular weight excluding hydrogens is 190 g/mol. The van der Waals surface area contributed by atoms with Gasteiger partial charge in [0, 0.05) is 12.4 Å². The molecule has 1 aromatic rings. The van der Waals surface area contributed by atoms with Crippen LogP contribution in [0.3, 0.4) is 0 Å². The molecule has 3 nitrogen and oxygen atoms in total. The highest BCUT2D eigenvalue weighted by Gasteiger charge is 1.99. The van der Waals surface area contributed by atoms with Crippen molar-refractivity contribution < 1.29 is 9.90 Å². The number of aromatic nitrogens is 1. The summed E-state index contributed by atoms with van der Waals surface area (Å²) >= 11 is 0. The van der Waals surface area contributed by atoms with Gasteiger partial charge in [-0.2, -0.15) is 0 Å². The van der Waals surface area contributed by atoms with Crippen LogP contribution in [0, 0.1) is 5.92 Å². The van der Waals surface area contributed by atoms with E-state index in [0.717, 1.165) is 0 Å². The lowest BCUT2D eigenvalue weighted by molar-refractivity contribution is -0.140. The zero-order valence-electron chi connectivity index (χ0n) is 7.68. The fraction of sp³-hybridized carbons (Fsp3) is 0.333. The molecule has 1 rings (SSSR count). The topological polar surface area (TPSA) is 50.2 Å². The van der Waals surface area contributed by atoms with Crippen LogP contribution in [0.4, 0.5) is 0 Å². The van der Waals surface area contributed by atoms with Crippen molar-refractivity contribution in [3.05, 3.63) is 30.6 Å².